The van der Waals surface area contributed by atoms with Crippen molar-refractivity contribution in [2.75, 3.05) is 7.11 Å². The zero-order chi connectivity index (χ0) is 20.7. The third-order valence-electron chi connectivity index (χ3n) is 5.64. The molecule has 0 aromatic carbocycles. The lowest BCUT2D eigenvalue weighted by molar-refractivity contribution is -0.140. The minimum Gasteiger partial charge on any atom is -0.469 e. The Morgan fingerprint density at radius 2 is 0.714 bits per heavy atom. The molecule has 0 radical (unpaired) electrons. The molecule has 3 heteroatoms. The number of methoxy groups -OCH3 is 1. The maximum Gasteiger partial charge on any atom is 0.305 e. The third-order valence-corrected chi connectivity index (χ3v) is 5.64. The molecule has 0 atom stereocenters. The second-order valence-corrected chi connectivity index (χ2v) is 8.50. The van der Waals surface area contributed by atoms with E-state index in [2.05, 4.69) is 4.74 Å². The summed E-state index contributed by atoms with van der Waals surface area (Å²) in [6.07, 6.45) is 26.4. The SMILES string of the molecule is COC(=O)CCCCCCCCCCCCCCCCCCCCCC(C)=O. The molecule has 0 aliphatic rings. The van der Waals surface area contributed by atoms with E-state index in [1.165, 1.54) is 110 Å². The molecular formula is C25H48O3. The topological polar surface area (TPSA) is 43.4 Å². The van der Waals surface area contributed by atoms with Gasteiger partial charge in [0.05, 0.1) is 7.11 Å². The van der Waals surface area contributed by atoms with E-state index in [0.717, 1.165) is 25.7 Å². The Bertz CT molecular complexity index is 352. The van der Waals surface area contributed by atoms with Crippen molar-refractivity contribution in [3.63, 3.8) is 0 Å². The van der Waals surface area contributed by atoms with Gasteiger partial charge in [-0.1, -0.05) is 109 Å². The number of hydrogen-bond donors (Lipinski definition) is 0. The van der Waals surface area contributed by atoms with Crippen molar-refractivity contribution < 1.29 is 14.3 Å². The molecule has 0 aromatic rings. The smallest absolute Gasteiger partial charge is 0.305 e. The zero-order valence-corrected chi connectivity index (χ0v) is 19.1. The van der Waals surface area contributed by atoms with Crippen LogP contribution in [0.15, 0.2) is 0 Å². The largest absolute Gasteiger partial charge is 0.469 e. The fourth-order valence-corrected chi connectivity index (χ4v) is 3.75. The Balaban J connectivity index is 3.03. The standard InChI is InChI=1S/C25H48O3/c1-24(26)22-20-18-16-14-12-10-8-6-4-3-5-7-9-11-13-15-17-19-21-23-25(27)28-2/h3-23H2,1-2H3. The van der Waals surface area contributed by atoms with Crippen LogP contribution in [0.3, 0.4) is 0 Å². The molecule has 3 nitrogen and oxygen atoms in total. The maximum atomic E-state index is 11.0. The number of unbranched alkanes of at least 4 members (excludes halogenated alkanes) is 18. The van der Waals surface area contributed by atoms with Crippen LogP contribution in [0, 0.1) is 0 Å². The van der Waals surface area contributed by atoms with E-state index in [0.29, 0.717) is 12.2 Å². The van der Waals surface area contributed by atoms with Crippen molar-refractivity contribution in [2.24, 2.45) is 0 Å². The first kappa shape index (κ1) is 27.1. The fourth-order valence-electron chi connectivity index (χ4n) is 3.75. The lowest BCUT2D eigenvalue weighted by Gasteiger charge is -2.04. The minimum atomic E-state index is -0.0718. The summed E-state index contributed by atoms with van der Waals surface area (Å²) in [4.78, 5) is 21.8. The molecule has 0 unspecified atom stereocenters. The molecule has 166 valence electrons. The number of hydrogen-bond acceptors (Lipinski definition) is 3. The monoisotopic (exact) mass is 396 g/mol. The molecule has 0 aliphatic carbocycles. The van der Waals surface area contributed by atoms with Crippen molar-refractivity contribution >= 4 is 11.8 Å². The van der Waals surface area contributed by atoms with Crippen molar-refractivity contribution in [3.8, 4) is 0 Å². The minimum absolute atomic E-state index is 0.0718. The highest BCUT2D eigenvalue weighted by Crippen LogP contribution is 2.15. The molecular weight excluding hydrogens is 348 g/mol. The molecule has 0 amide bonds. The number of Topliss-reactive ketones (excluding diaryl/α,β-unsaturated/α-hetero) is 1. The predicted octanol–water partition coefficient (Wildman–Crippen LogP) is 7.94. The summed E-state index contributed by atoms with van der Waals surface area (Å²) in [5, 5.41) is 0. The van der Waals surface area contributed by atoms with Crippen LogP contribution in [-0.4, -0.2) is 18.9 Å². The average molecular weight is 397 g/mol. The summed E-state index contributed by atoms with van der Waals surface area (Å²) < 4.78 is 4.65. The van der Waals surface area contributed by atoms with E-state index in [-0.39, 0.29) is 5.97 Å². The van der Waals surface area contributed by atoms with E-state index < -0.39 is 0 Å². The van der Waals surface area contributed by atoms with Crippen molar-refractivity contribution in [2.45, 2.75) is 142 Å². The second kappa shape index (κ2) is 22.4. The molecule has 0 aliphatic heterocycles. The van der Waals surface area contributed by atoms with Crippen LogP contribution in [0.5, 0.6) is 0 Å². The van der Waals surface area contributed by atoms with E-state index in [9.17, 15) is 9.59 Å². The summed E-state index contributed by atoms with van der Waals surface area (Å²) in [7, 11) is 1.46. The molecule has 0 saturated heterocycles. The van der Waals surface area contributed by atoms with Gasteiger partial charge < -0.3 is 9.53 Å². The zero-order valence-electron chi connectivity index (χ0n) is 19.1. The van der Waals surface area contributed by atoms with Gasteiger partial charge in [-0.15, -0.1) is 0 Å². The maximum absolute atomic E-state index is 11.0. The van der Waals surface area contributed by atoms with E-state index in [4.69, 9.17) is 0 Å². The van der Waals surface area contributed by atoms with Gasteiger partial charge in [-0.05, 0) is 19.8 Å². The van der Waals surface area contributed by atoms with E-state index in [1.54, 1.807) is 6.92 Å². The summed E-state index contributed by atoms with van der Waals surface area (Å²) >= 11 is 0. The molecule has 0 N–H and O–H groups in total. The Morgan fingerprint density at radius 1 is 0.464 bits per heavy atom. The van der Waals surface area contributed by atoms with Crippen LogP contribution in [-0.2, 0) is 14.3 Å². The first-order valence-electron chi connectivity index (χ1n) is 12.2. The van der Waals surface area contributed by atoms with Crippen LogP contribution < -0.4 is 0 Å². The van der Waals surface area contributed by atoms with Gasteiger partial charge in [0.25, 0.3) is 0 Å². The number of carbonyl (C=O) groups is 2. The van der Waals surface area contributed by atoms with Gasteiger partial charge in [-0.25, -0.2) is 0 Å². The number of ketones is 1. The molecule has 0 saturated carbocycles. The molecule has 0 heterocycles. The quantitative estimate of drug-likeness (QED) is 0.138. The van der Waals surface area contributed by atoms with Crippen molar-refractivity contribution in [3.05, 3.63) is 0 Å². The predicted molar refractivity (Wildman–Crippen MR) is 120 cm³/mol. The van der Waals surface area contributed by atoms with Crippen LogP contribution in [0.1, 0.15) is 142 Å². The number of esters is 1. The highest BCUT2D eigenvalue weighted by Gasteiger charge is 1.99. The fraction of sp³-hybridized carbons (Fsp3) is 0.920. The highest BCUT2D eigenvalue weighted by molar-refractivity contribution is 5.75. The third kappa shape index (κ3) is 23.2. The first-order valence-corrected chi connectivity index (χ1v) is 12.2. The number of rotatable bonds is 22. The van der Waals surface area contributed by atoms with Gasteiger partial charge in [0.1, 0.15) is 5.78 Å². The van der Waals surface area contributed by atoms with Gasteiger partial charge in [0.2, 0.25) is 0 Å². The van der Waals surface area contributed by atoms with Crippen LogP contribution >= 0.6 is 0 Å². The Morgan fingerprint density at radius 3 is 0.964 bits per heavy atom. The summed E-state index contributed by atoms with van der Waals surface area (Å²) in [5.74, 6) is 0.265. The number of carbonyl (C=O) groups excluding carboxylic acids is 2. The molecule has 0 spiro atoms. The van der Waals surface area contributed by atoms with Crippen molar-refractivity contribution in [1.29, 1.82) is 0 Å². The Labute approximate surface area is 175 Å². The van der Waals surface area contributed by atoms with E-state index >= 15 is 0 Å². The van der Waals surface area contributed by atoms with Crippen LogP contribution in [0.4, 0.5) is 0 Å². The Kier molecular flexibility index (Phi) is 21.7. The van der Waals surface area contributed by atoms with Gasteiger partial charge in [0.15, 0.2) is 0 Å². The summed E-state index contributed by atoms with van der Waals surface area (Å²) in [5.41, 5.74) is 0. The molecule has 0 aromatic heterocycles. The lowest BCUT2D eigenvalue weighted by Crippen LogP contribution is -1.99. The molecule has 0 rings (SSSR count). The molecule has 0 bridgehead atoms. The average Bonchev–Trinajstić information content (AvgIpc) is 2.68. The normalized spacial score (nSPS) is 10.9. The second-order valence-electron chi connectivity index (χ2n) is 8.50. The molecule has 28 heavy (non-hydrogen) atoms. The lowest BCUT2D eigenvalue weighted by atomic mass is 10.0. The summed E-state index contributed by atoms with van der Waals surface area (Å²) in [6, 6.07) is 0. The first-order chi connectivity index (χ1) is 13.7. The van der Waals surface area contributed by atoms with Gasteiger partial charge in [-0.2, -0.15) is 0 Å². The number of ether oxygens (including phenoxy) is 1. The van der Waals surface area contributed by atoms with Gasteiger partial charge in [-0.3, -0.25) is 4.79 Å². The van der Waals surface area contributed by atoms with Crippen LogP contribution in [0.2, 0.25) is 0 Å². The molecule has 0 fully saturated rings. The Hall–Kier alpha value is -0.860. The summed E-state index contributed by atoms with van der Waals surface area (Å²) in [6.45, 7) is 1.69. The van der Waals surface area contributed by atoms with Crippen LogP contribution in [0.25, 0.3) is 0 Å². The van der Waals surface area contributed by atoms with Gasteiger partial charge in [0, 0.05) is 12.8 Å². The van der Waals surface area contributed by atoms with Gasteiger partial charge >= 0.3 is 5.97 Å². The highest BCUT2D eigenvalue weighted by atomic mass is 16.5. The van der Waals surface area contributed by atoms with E-state index in [1.807, 2.05) is 0 Å². The van der Waals surface area contributed by atoms with Crippen molar-refractivity contribution in [1.82, 2.24) is 0 Å².